The first-order chi connectivity index (χ1) is 11.6. The lowest BCUT2D eigenvalue weighted by atomic mass is 9.95. The van der Waals surface area contributed by atoms with E-state index in [2.05, 4.69) is 36.3 Å². The van der Waals surface area contributed by atoms with Crippen LogP contribution in [-0.2, 0) is 11.2 Å². The molecular weight excluding hydrogens is 296 g/mol. The average Bonchev–Trinajstić information content (AvgIpc) is 2.60. The summed E-state index contributed by atoms with van der Waals surface area (Å²) in [5.74, 6) is 0.345. The van der Waals surface area contributed by atoms with Crippen molar-refractivity contribution in [1.29, 1.82) is 0 Å². The number of carbonyl (C=O) groups is 1. The van der Waals surface area contributed by atoms with E-state index >= 15 is 0 Å². The molecule has 3 nitrogen and oxygen atoms in total. The van der Waals surface area contributed by atoms with Crippen molar-refractivity contribution in [2.45, 2.75) is 26.3 Å². The largest absolute Gasteiger partial charge is 0.349 e. The van der Waals surface area contributed by atoms with Gasteiger partial charge >= 0.3 is 0 Å². The summed E-state index contributed by atoms with van der Waals surface area (Å²) in [6.45, 7) is 4.24. The molecule has 0 fully saturated rings. The van der Waals surface area contributed by atoms with Crippen LogP contribution >= 0.6 is 0 Å². The summed E-state index contributed by atoms with van der Waals surface area (Å²) in [5, 5.41) is 4.24. The van der Waals surface area contributed by atoms with Gasteiger partial charge in [0.2, 0.25) is 5.91 Å². The Balaban J connectivity index is 1.79. The van der Waals surface area contributed by atoms with Crippen molar-refractivity contribution in [1.82, 2.24) is 10.3 Å². The molecule has 0 spiro atoms. The molecule has 1 amide bonds. The SMILES string of the molecule is CC(C)C(NC(=O)Cc1cccc2cccnc12)c1ccccc1. The number of hydrogen-bond donors (Lipinski definition) is 1. The van der Waals surface area contributed by atoms with Crippen LogP contribution in [0.15, 0.2) is 66.9 Å². The molecule has 0 saturated carbocycles. The topological polar surface area (TPSA) is 42.0 Å². The maximum Gasteiger partial charge on any atom is 0.224 e. The lowest BCUT2D eigenvalue weighted by Gasteiger charge is -2.23. The molecule has 3 aromatic rings. The number of rotatable bonds is 5. The Morgan fingerprint density at radius 1 is 1.00 bits per heavy atom. The Kier molecular flexibility index (Phi) is 4.90. The molecule has 0 aliphatic rings. The third-order valence-corrected chi connectivity index (χ3v) is 4.21. The molecule has 0 aliphatic heterocycles. The second-order valence-electron chi connectivity index (χ2n) is 6.37. The number of pyridine rings is 1. The zero-order valence-corrected chi connectivity index (χ0v) is 14.1. The van der Waals surface area contributed by atoms with E-state index in [1.54, 1.807) is 6.20 Å². The number of nitrogens with zero attached hydrogens (tertiary/aromatic N) is 1. The third kappa shape index (κ3) is 3.62. The fourth-order valence-electron chi connectivity index (χ4n) is 3.00. The summed E-state index contributed by atoms with van der Waals surface area (Å²) >= 11 is 0. The van der Waals surface area contributed by atoms with Gasteiger partial charge in [-0.2, -0.15) is 0 Å². The Morgan fingerprint density at radius 3 is 2.50 bits per heavy atom. The monoisotopic (exact) mass is 318 g/mol. The molecule has 1 N–H and O–H groups in total. The van der Waals surface area contributed by atoms with Gasteiger partial charge < -0.3 is 5.32 Å². The molecule has 122 valence electrons. The van der Waals surface area contributed by atoms with Crippen LogP contribution < -0.4 is 5.32 Å². The molecule has 0 aliphatic carbocycles. The molecular formula is C21H22N2O. The first-order valence-electron chi connectivity index (χ1n) is 8.32. The van der Waals surface area contributed by atoms with E-state index in [1.165, 1.54) is 0 Å². The Bertz CT molecular complexity index is 822. The minimum absolute atomic E-state index is 0.0154. The van der Waals surface area contributed by atoms with E-state index in [-0.39, 0.29) is 11.9 Å². The van der Waals surface area contributed by atoms with Crippen LogP contribution in [0.4, 0.5) is 0 Å². The predicted octanol–water partition coefficient (Wildman–Crippen LogP) is 4.29. The van der Waals surface area contributed by atoms with Gasteiger partial charge in [-0.1, -0.05) is 68.4 Å². The number of aromatic nitrogens is 1. The fraction of sp³-hybridized carbons (Fsp3) is 0.238. The van der Waals surface area contributed by atoms with Gasteiger partial charge in [-0.15, -0.1) is 0 Å². The van der Waals surface area contributed by atoms with Gasteiger partial charge in [0.15, 0.2) is 0 Å². The zero-order chi connectivity index (χ0) is 16.9. The molecule has 1 atom stereocenters. The standard InChI is InChI=1S/C21H22N2O/c1-15(2)20(16-8-4-3-5-9-16)23-19(24)14-18-11-6-10-17-12-7-13-22-21(17)18/h3-13,15,20H,14H2,1-2H3,(H,23,24). The fourth-order valence-corrected chi connectivity index (χ4v) is 3.00. The van der Waals surface area contributed by atoms with Gasteiger partial charge in [-0.3, -0.25) is 9.78 Å². The van der Waals surface area contributed by atoms with E-state index in [1.807, 2.05) is 48.5 Å². The van der Waals surface area contributed by atoms with Crippen LogP contribution in [0.3, 0.4) is 0 Å². The lowest BCUT2D eigenvalue weighted by Crippen LogP contribution is -2.32. The molecule has 1 unspecified atom stereocenters. The highest BCUT2D eigenvalue weighted by atomic mass is 16.1. The first-order valence-corrected chi connectivity index (χ1v) is 8.32. The molecule has 1 heterocycles. The summed E-state index contributed by atoms with van der Waals surface area (Å²) in [7, 11) is 0. The minimum Gasteiger partial charge on any atom is -0.349 e. The highest BCUT2D eigenvalue weighted by molar-refractivity contribution is 5.87. The highest BCUT2D eigenvalue weighted by Crippen LogP contribution is 2.22. The van der Waals surface area contributed by atoms with Gasteiger partial charge in [-0.05, 0) is 23.1 Å². The molecule has 3 rings (SSSR count). The number of amides is 1. The zero-order valence-electron chi connectivity index (χ0n) is 14.1. The van der Waals surface area contributed by atoms with Gasteiger partial charge in [-0.25, -0.2) is 0 Å². The molecule has 1 aromatic heterocycles. The number of carbonyl (C=O) groups excluding carboxylic acids is 1. The Morgan fingerprint density at radius 2 is 1.75 bits per heavy atom. The number of fused-ring (bicyclic) bond motifs is 1. The number of benzene rings is 2. The average molecular weight is 318 g/mol. The maximum absolute atomic E-state index is 12.6. The summed E-state index contributed by atoms with van der Waals surface area (Å²) in [6, 6.07) is 20.0. The molecule has 0 radical (unpaired) electrons. The van der Waals surface area contributed by atoms with Crippen molar-refractivity contribution >= 4 is 16.8 Å². The van der Waals surface area contributed by atoms with Gasteiger partial charge in [0.05, 0.1) is 18.0 Å². The van der Waals surface area contributed by atoms with Crippen molar-refractivity contribution in [2.24, 2.45) is 5.92 Å². The number of nitrogens with one attached hydrogen (secondary N) is 1. The van der Waals surface area contributed by atoms with E-state index in [0.29, 0.717) is 12.3 Å². The molecule has 24 heavy (non-hydrogen) atoms. The Labute approximate surface area is 142 Å². The summed E-state index contributed by atoms with van der Waals surface area (Å²) in [6.07, 6.45) is 2.11. The maximum atomic E-state index is 12.6. The van der Waals surface area contributed by atoms with Crippen LogP contribution in [-0.4, -0.2) is 10.9 Å². The second kappa shape index (κ2) is 7.26. The quantitative estimate of drug-likeness (QED) is 0.762. The second-order valence-corrected chi connectivity index (χ2v) is 6.37. The highest BCUT2D eigenvalue weighted by Gasteiger charge is 2.18. The third-order valence-electron chi connectivity index (χ3n) is 4.21. The van der Waals surface area contributed by atoms with Gasteiger partial charge in [0, 0.05) is 11.6 Å². The van der Waals surface area contributed by atoms with Gasteiger partial charge in [0.25, 0.3) is 0 Å². The van der Waals surface area contributed by atoms with E-state index < -0.39 is 0 Å². The van der Waals surface area contributed by atoms with Crippen molar-refractivity contribution in [2.75, 3.05) is 0 Å². The molecule has 3 heteroatoms. The van der Waals surface area contributed by atoms with E-state index in [4.69, 9.17) is 0 Å². The van der Waals surface area contributed by atoms with Crippen LogP contribution in [0, 0.1) is 5.92 Å². The van der Waals surface area contributed by atoms with Crippen LogP contribution in [0.1, 0.15) is 31.0 Å². The summed E-state index contributed by atoms with van der Waals surface area (Å²) < 4.78 is 0. The number of para-hydroxylation sites is 1. The predicted molar refractivity (Wildman–Crippen MR) is 97.6 cm³/mol. The Hall–Kier alpha value is -2.68. The first kappa shape index (κ1) is 16.2. The summed E-state index contributed by atoms with van der Waals surface area (Å²) in [4.78, 5) is 17.0. The normalized spacial score (nSPS) is 12.3. The lowest BCUT2D eigenvalue weighted by molar-refractivity contribution is -0.121. The molecule has 0 saturated heterocycles. The van der Waals surface area contributed by atoms with Crippen molar-refractivity contribution in [3.05, 3.63) is 78.0 Å². The number of hydrogen-bond acceptors (Lipinski definition) is 2. The van der Waals surface area contributed by atoms with Gasteiger partial charge in [0.1, 0.15) is 0 Å². The molecule has 2 aromatic carbocycles. The van der Waals surface area contributed by atoms with Crippen molar-refractivity contribution in [3.63, 3.8) is 0 Å². The van der Waals surface area contributed by atoms with E-state index in [0.717, 1.165) is 22.0 Å². The summed E-state index contributed by atoms with van der Waals surface area (Å²) in [5.41, 5.74) is 2.99. The van der Waals surface area contributed by atoms with Crippen molar-refractivity contribution in [3.8, 4) is 0 Å². The van der Waals surface area contributed by atoms with Crippen LogP contribution in [0.25, 0.3) is 10.9 Å². The minimum atomic E-state index is 0.0154. The van der Waals surface area contributed by atoms with Crippen LogP contribution in [0.5, 0.6) is 0 Å². The molecule has 0 bridgehead atoms. The van der Waals surface area contributed by atoms with Crippen LogP contribution in [0.2, 0.25) is 0 Å². The van der Waals surface area contributed by atoms with E-state index in [9.17, 15) is 4.79 Å². The smallest absolute Gasteiger partial charge is 0.224 e. The van der Waals surface area contributed by atoms with Crippen molar-refractivity contribution < 1.29 is 4.79 Å².